The number of carbonyl (C=O) groups is 1. The molecule has 0 aliphatic carbocycles. The third kappa shape index (κ3) is 3.34. The fourth-order valence-corrected chi connectivity index (χ4v) is 1.42. The smallest absolute Gasteiger partial charge is 0.223 e. The molecule has 0 spiro atoms. The minimum Gasteiger partial charge on any atom is -0.394 e. The van der Waals surface area contributed by atoms with E-state index in [9.17, 15) is 9.90 Å². The quantitative estimate of drug-likeness (QED) is 0.621. The summed E-state index contributed by atoms with van der Waals surface area (Å²) in [6, 6.07) is 9.25. The van der Waals surface area contributed by atoms with Gasteiger partial charge in [-0.1, -0.05) is 30.3 Å². The van der Waals surface area contributed by atoms with Crippen molar-refractivity contribution in [2.45, 2.75) is 12.5 Å². The van der Waals surface area contributed by atoms with Crippen LogP contribution in [0.15, 0.2) is 30.3 Å². The molecule has 1 amide bonds. The standard InChI is InChI=1S/C11H15NO3/c12-11(15)9(10(14)7-13)6-8-4-2-1-3-5-8/h1-5,9-10,13-14H,6-7H2,(H2,12,15). The van der Waals surface area contributed by atoms with Gasteiger partial charge in [0.1, 0.15) is 0 Å². The lowest BCUT2D eigenvalue weighted by molar-refractivity contribution is -0.126. The van der Waals surface area contributed by atoms with Gasteiger partial charge in [-0.3, -0.25) is 4.79 Å². The molecule has 0 saturated heterocycles. The number of aliphatic hydroxyl groups excluding tert-OH is 2. The number of amides is 1. The highest BCUT2D eigenvalue weighted by Gasteiger charge is 2.24. The number of hydrogen-bond donors (Lipinski definition) is 3. The zero-order chi connectivity index (χ0) is 11.3. The normalized spacial score (nSPS) is 14.5. The summed E-state index contributed by atoms with van der Waals surface area (Å²) in [5, 5.41) is 18.2. The van der Waals surface area contributed by atoms with Crippen molar-refractivity contribution in [1.29, 1.82) is 0 Å². The Balaban J connectivity index is 2.71. The first kappa shape index (κ1) is 11.7. The molecule has 15 heavy (non-hydrogen) atoms. The van der Waals surface area contributed by atoms with E-state index in [-0.39, 0.29) is 0 Å². The van der Waals surface area contributed by atoms with Crippen LogP contribution in [-0.4, -0.2) is 28.8 Å². The van der Waals surface area contributed by atoms with Gasteiger partial charge in [-0.25, -0.2) is 0 Å². The lowest BCUT2D eigenvalue weighted by Crippen LogP contribution is -2.37. The average Bonchev–Trinajstić information content (AvgIpc) is 2.26. The molecule has 0 fully saturated rings. The zero-order valence-corrected chi connectivity index (χ0v) is 8.34. The maximum atomic E-state index is 11.1. The summed E-state index contributed by atoms with van der Waals surface area (Å²) < 4.78 is 0. The maximum Gasteiger partial charge on any atom is 0.223 e. The van der Waals surface area contributed by atoms with E-state index in [1.807, 2.05) is 30.3 Å². The SMILES string of the molecule is NC(=O)C(Cc1ccccc1)C(O)CO. The third-order valence-electron chi connectivity index (χ3n) is 2.32. The van der Waals surface area contributed by atoms with Crippen LogP contribution >= 0.6 is 0 Å². The number of nitrogens with two attached hydrogens (primary N) is 1. The number of primary amides is 1. The van der Waals surface area contributed by atoms with Crippen LogP contribution < -0.4 is 5.73 Å². The van der Waals surface area contributed by atoms with E-state index >= 15 is 0 Å². The van der Waals surface area contributed by atoms with Crippen molar-refractivity contribution in [2.75, 3.05) is 6.61 Å². The third-order valence-corrected chi connectivity index (χ3v) is 2.32. The Kier molecular flexibility index (Phi) is 4.27. The molecule has 1 rings (SSSR count). The molecule has 4 N–H and O–H groups in total. The molecular formula is C11H15NO3. The molecule has 0 radical (unpaired) electrons. The van der Waals surface area contributed by atoms with E-state index in [2.05, 4.69) is 0 Å². The molecule has 82 valence electrons. The summed E-state index contributed by atoms with van der Waals surface area (Å²) in [6.45, 7) is -0.458. The number of rotatable bonds is 5. The molecule has 2 atom stereocenters. The van der Waals surface area contributed by atoms with Crippen LogP contribution in [0.2, 0.25) is 0 Å². The van der Waals surface area contributed by atoms with E-state index in [4.69, 9.17) is 10.8 Å². The van der Waals surface area contributed by atoms with Crippen LogP contribution in [0.25, 0.3) is 0 Å². The topological polar surface area (TPSA) is 83.6 Å². The molecule has 1 aromatic rings. The van der Waals surface area contributed by atoms with Crippen molar-refractivity contribution in [2.24, 2.45) is 11.7 Å². The van der Waals surface area contributed by atoms with E-state index in [0.29, 0.717) is 6.42 Å². The van der Waals surface area contributed by atoms with Crippen molar-refractivity contribution in [1.82, 2.24) is 0 Å². The summed E-state index contributed by atoms with van der Waals surface area (Å²) in [5.74, 6) is -1.34. The molecule has 0 aromatic heterocycles. The Bertz CT molecular complexity index is 313. The molecule has 0 aliphatic rings. The van der Waals surface area contributed by atoms with Crippen LogP contribution in [0.1, 0.15) is 5.56 Å². The summed E-state index contributed by atoms with van der Waals surface area (Å²) in [6.07, 6.45) is -0.750. The Morgan fingerprint density at radius 2 is 1.93 bits per heavy atom. The Hall–Kier alpha value is -1.39. The second kappa shape index (κ2) is 5.48. The van der Waals surface area contributed by atoms with Gasteiger partial charge in [0.05, 0.1) is 18.6 Å². The van der Waals surface area contributed by atoms with E-state index in [0.717, 1.165) is 5.56 Å². The van der Waals surface area contributed by atoms with Crippen LogP contribution in [0.4, 0.5) is 0 Å². The van der Waals surface area contributed by atoms with Crippen LogP contribution in [0.3, 0.4) is 0 Å². The fourth-order valence-electron chi connectivity index (χ4n) is 1.42. The van der Waals surface area contributed by atoms with Crippen molar-refractivity contribution in [3.05, 3.63) is 35.9 Å². The Morgan fingerprint density at radius 1 is 1.33 bits per heavy atom. The van der Waals surface area contributed by atoms with Gasteiger partial charge in [0.2, 0.25) is 5.91 Å². The number of carbonyl (C=O) groups excluding carboxylic acids is 1. The minimum absolute atomic E-state index is 0.345. The fraction of sp³-hybridized carbons (Fsp3) is 0.364. The highest BCUT2D eigenvalue weighted by atomic mass is 16.3. The summed E-state index contributed by atoms with van der Waals surface area (Å²) in [7, 11) is 0. The first-order valence-electron chi connectivity index (χ1n) is 4.77. The molecule has 1 aromatic carbocycles. The van der Waals surface area contributed by atoms with Gasteiger partial charge >= 0.3 is 0 Å². The van der Waals surface area contributed by atoms with Gasteiger partial charge in [-0.2, -0.15) is 0 Å². The lowest BCUT2D eigenvalue weighted by atomic mass is 9.94. The summed E-state index contributed by atoms with van der Waals surface area (Å²) in [4.78, 5) is 11.1. The van der Waals surface area contributed by atoms with Gasteiger partial charge in [-0.15, -0.1) is 0 Å². The van der Waals surface area contributed by atoms with Gasteiger partial charge in [0.25, 0.3) is 0 Å². The predicted octanol–water partition coefficient (Wildman–Crippen LogP) is -0.316. The second-order valence-corrected chi connectivity index (χ2v) is 3.45. The molecule has 2 unspecified atom stereocenters. The summed E-state index contributed by atoms with van der Waals surface area (Å²) >= 11 is 0. The highest BCUT2D eigenvalue weighted by molar-refractivity contribution is 5.77. The minimum atomic E-state index is -1.09. The molecule has 0 heterocycles. The van der Waals surface area contributed by atoms with Crippen molar-refractivity contribution >= 4 is 5.91 Å². The number of hydrogen-bond acceptors (Lipinski definition) is 3. The predicted molar refractivity (Wildman–Crippen MR) is 55.9 cm³/mol. The first-order valence-corrected chi connectivity index (χ1v) is 4.77. The summed E-state index contributed by atoms with van der Waals surface area (Å²) in [5.41, 5.74) is 6.06. The largest absolute Gasteiger partial charge is 0.394 e. The van der Waals surface area contributed by atoms with Crippen LogP contribution in [0.5, 0.6) is 0 Å². The lowest BCUT2D eigenvalue weighted by Gasteiger charge is -2.17. The second-order valence-electron chi connectivity index (χ2n) is 3.45. The monoisotopic (exact) mass is 209 g/mol. The number of aliphatic hydroxyl groups is 2. The van der Waals surface area contributed by atoms with Crippen molar-refractivity contribution in [3.63, 3.8) is 0 Å². The van der Waals surface area contributed by atoms with Crippen molar-refractivity contribution < 1.29 is 15.0 Å². The van der Waals surface area contributed by atoms with Crippen molar-refractivity contribution in [3.8, 4) is 0 Å². The molecule has 4 heteroatoms. The Morgan fingerprint density at radius 3 is 2.40 bits per heavy atom. The molecule has 0 aliphatic heterocycles. The molecular weight excluding hydrogens is 194 g/mol. The molecule has 0 bridgehead atoms. The van der Waals surface area contributed by atoms with Gasteiger partial charge in [-0.05, 0) is 12.0 Å². The molecule has 4 nitrogen and oxygen atoms in total. The van der Waals surface area contributed by atoms with Crippen LogP contribution in [0, 0.1) is 5.92 Å². The van der Waals surface area contributed by atoms with Gasteiger partial charge in [0, 0.05) is 0 Å². The van der Waals surface area contributed by atoms with E-state index in [1.165, 1.54) is 0 Å². The van der Waals surface area contributed by atoms with Gasteiger partial charge in [0.15, 0.2) is 0 Å². The molecule has 0 saturated carbocycles. The van der Waals surface area contributed by atoms with E-state index in [1.54, 1.807) is 0 Å². The van der Waals surface area contributed by atoms with Gasteiger partial charge < -0.3 is 15.9 Å². The number of benzene rings is 1. The van der Waals surface area contributed by atoms with E-state index < -0.39 is 24.5 Å². The van der Waals surface area contributed by atoms with Crippen LogP contribution in [-0.2, 0) is 11.2 Å². The Labute approximate surface area is 88.3 Å². The zero-order valence-electron chi connectivity index (χ0n) is 8.34. The first-order chi connectivity index (χ1) is 7.15. The maximum absolute atomic E-state index is 11.1. The highest BCUT2D eigenvalue weighted by Crippen LogP contribution is 2.12. The average molecular weight is 209 g/mol.